The predicted molar refractivity (Wildman–Crippen MR) is 171 cm³/mol. The quantitative estimate of drug-likeness (QED) is 0.155. The molecule has 4 aromatic rings. The summed E-state index contributed by atoms with van der Waals surface area (Å²) >= 11 is 1.60. The van der Waals surface area contributed by atoms with Crippen LogP contribution in [-0.4, -0.2) is 81.5 Å². The molecule has 0 radical (unpaired) electrons. The smallest absolute Gasteiger partial charge is 0.248 e. The van der Waals surface area contributed by atoms with Crippen molar-refractivity contribution in [3.63, 3.8) is 0 Å². The topological polar surface area (TPSA) is 89.8 Å². The third-order valence-electron chi connectivity index (χ3n) is 7.64. The molecule has 230 valence electrons. The summed E-state index contributed by atoms with van der Waals surface area (Å²) < 4.78 is 13.1. The minimum Gasteiger partial charge on any atom is -0.497 e. The molecule has 9 nitrogen and oxygen atoms in total. The monoisotopic (exact) mass is 613 g/mol. The molecule has 0 aliphatic carbocycles. The fourth-order valence-electron chi connectivity index (χ4n) is 5.29. The number of amides is 2. The van der Waals surface area contributed by atoms with E-state index in [-0.39, 0.29) is 24.5 Å². The third kappa shape index (κ3) is 8.27. The second kappa shape index (κ2) is 15.5. The second-order valence-electron chi connectivity index (χ2n) is 10.8. The highest BCUT2D eigenvalue weighted by molar-refractivity contribution is 7.99. The number of piperazine rings is 1. The number of hydrogen-bond acceptors (Lipinski definition) is 7. The van der Waals surface area contributed by atoms with Gasteiger partial charge < -0.3 is 19.3 Å². The van der Waals surface area contributed by atoms with Gasteiger partial charge in [-0.15, -0.1) is 10.2 Å². The number of methoxy groups -OCH3 is 1. The molecule has 1 aromatic heterocycles. The molecule has 10 heteroatoms. The van der Waals surface area contributed by atoms with Crippen molar-refractivity contribution < 1.29 is 19.1 Å². The summed E-state index contributed by atoms with van der Waals surface area (Å²) in [6, 6.07) is 27.9. The molecule has 1 atom stereocenters. The minimum absolute atomic E-state index is 0.0375. The Hall–Kier alpha value is -4.15. The van der Waals surface area contributed by atoms with E-state index in [2.05, 4.69) is 26.9 Å². The van der Waals surface area contributed by atoms with E-state index in [0.29, 0.717) is 45.5 Å². The van der Waals surface area contributed by atoms with Gasteiger partial charge in [0.1, 0.15) is 18.2 Å². The normalized spacial score (nSPS) is 14.9. The number of aromatic nitrogens is 3. The van der Waals surface area contributed by atoms with Gasteiger partial charge in [-0.25, -0.2) is 0 Å². The first-order chi connectivity index (χ1) is 21.5. The molecule has 0 saturated carbocycles. The second-order valence-corrected chi connectivity index (χ2v) is 11.9. The van der Waals surface area contributed by atoms with Gasteiger partial charge >= 0.3 is 0 Å². The fourth-order valence-corrected chi connectivity index (χ4v) is 6.20. The molecule has 2 amide bonds. The molecule has 1 fully saturated rings. The zero-order valence-electron chi connectivity index (χ0n) is 25.3. The van der Waals surface area contributed by atoms with Crippen molar-refractivity contribution in [1.82, 2.24) is 24.6 Å². The summed E-state index contributed by atoms with van der Waals surface area (Å²) in [5, 5.41) is 9.83. The Morgan fingerprint density at radius 3 is 2.27 bits per heavy atom. The maximum absolute atomic E-state index is 13.1. The van der Waals surface area contributed by atoms with Crippen LogP contribution in [-0.2, 0) is 27.4 Å². The number of nitrogens with zero attached hydrogens (tertiary/aromatic N) is 5. The van der Waals surface area contributed by atoms with Gasteiger partial charge in [-0.2, -0.15) is 0 Å². The van der Waals surface area contributed by atoms with Gasteiger partial charge in [0, 0.05) is 50.0 Å². The maximum Gasteiger partial charge on any atom is 0.248 e. The average Bonchev–Trinajstić information content (AvgIpc) is 3.45. The highest BCUT2D eigenvalue weighted by Gasteiger charge is 2.29. The zero-order chi connectivity index (χ0) is 30.7. The predicted octanol–water partition coefficient (Wildman–Crippen LogP) is 5.02. The van der Waals surface area contributed by atoms with Gasteiger partial charge in [0.15, 0.2) is 5.16 Å². The van der Waals surface area contributed by atoms with Crippen LogP contribution in [0.25, 0.3) is 5.69 Å². The van der Waals surface area contributed by atoms with E-state index >= 15 is 0 Å². The van der Waals surface area contributed by atoms with Gasteiger partial charge in [-0.05, 0) is 48.7 Å². The Balaban J connectivity index is 1.11. The molecule has 0 spiro atoms. The van der Waals surface area contributed by atoms with Crippen LogP contribution in [0.3, 0.4) is 0 Å². The highest BCUT2D eigenvalue weighted by atomic mass is 32.2. The lowest BCUT2D eigenvalue weighted by Crippen LogP contribution is -2.56. The number of carbonyl (C=O) groups excluding carboxylic acids is 2. The van der Waals surface area contributed by atoms with Crippen LogP contribution in [0.1, 0.15) is 36.7 Å². The van der Waals surface area contributed by atoms with Crippen molar-refractivity contribution in [2.24, 2.45) is 0 Å². The van der Waals surface area contributed by atoms with E-state index in [1.54, 1.807) is 18.9 Å². The van der Waals surface area contributed by atoms with Gasteiger partial charge in [0.2, 0.25) is 11.8 Å². The van der Waals surface area contributed by atoms with Crippen LogP contribution in [0.15, 0.2) is 90.1 Å². The molecule has 1 aliphatic heterocycles. The number of carbonyl (C=O) groups is 2. The summed E-state index contributed by atoms with van der Waals surface area (Å²) in [6.07, 6.45) is 1.82. The Morgan fingerprint density at radius 1 is 0.886 bits per heavy atom. The Morgan fingerprint density at radius 2 is 1.59 bits per heavy atom. The number of thioether (sulfide) groups is 1. The summed E-state index contributed by atoms with van der Waals surface area (Å²) in [5.41, 5.74) is 3.16. The SMILES string of the molecule is COc1ccc(-n2c(Cc3ccccc3)nnc2SCCCC(=O)N2CCN(C(=O)COCc3ccccc3)C(C)C2)cc1. The molecule has 44 heavy (non-hydrogen) atoms. The number of ether oxygens (including phenoxy) is 2. The lowest BCUT2D eigenvalue weighted by Gasteiger charge is -2.40. The largest absolute Gasteiger partial charge is 0.497 e. The fraction of sp³-hybridized carbons (Fsp3) is 0.353. The molecule has 1 unspecified atom stereocenters. The zero-order valence-corrected chi connectivity index (χ0v) is 26.1. The van der Waals surface area contributed by atoms with E-state index in [0.717, 1.165) is 39.3 Å². The van der Waals surface area contributed by atoms with Crippen molar-refractivity contribution in [3.05, 3.63) is 102 Å². The number of hydrogen-bond donors (Lipinski definition) is 0. The van der Waals surface area contributed by atoms with E-state index in [1.165, 1.54) is 0 Å². The van der Waals surface area contributed by atoms with Crippen molar-refractivity contribution in [3.8, 4) is 11.4 Å². The lowest BCUT2D eigenvalue weighted by atomic mass is 10.1. The standard InChI is InChI=1S/C34H39N5O4S/c1-26-23-37(19-20-38(26)33(41)25-43-24-28-12-7-4-8-13-28)32(40)14-9-21-44-34-36-35-31(22-27-10-5-3-6-11-27)39(34)29-15-17-30(42-2)18-16-29/h3-8,10-13,15-18,26H,9,14,19-25H2,1-2H3. The van der Waals surface area contributed by atoms with Crippen molar-refractivity contribution >= 4 is 23.6 Å². The van der Waals surface area contributed by atoms with E-state index in [1.807, 2.05) is 89.5 Å². The number of benzene rings is 3. The van der Waals surface area contributed by atoms with Crippen LogP contribution < -0.4 is 4.74 Å². The number of rotatable bonds is 13. The van der Waals surface area contributed by atoms with Gasteiger partial charge in [0.25, 0.3) is 0 Å². The third-order valence-corrected chi connectivity index (χ3v) is 8.66. The molecular formula is C34H39N5O4S. The molecule has 2 heterocycles. The molecule has 0 bridgehead atoms. The van der Waals surface area contributed by atoms with Gasteiger partial charge in [-0.3, -0.25) is 14.2 Å². The summed E-state index contributed by atoms with van der Waals surface area (Å²) in [7, 11) is 1.65. The first-order valence-electron chi connectivity index (χ1n) is 15.0. The maximum atomic E-state index is 13.1. The average molecular weight is 614 g/mol. The highest BCUT2D eigenvalue weighted by Crippen LogP contribution is 2.26. The van der Waals surface area contributed by atoms with Crippen molar-refractivity contribution in [1.29, 1.82) is 0 Å². The summed E-state index contributed by atoms with van der Waals surface area (Å²) in [6.45, 7) is 4.02. The van der Waals surface area contributed by atoms with Crippen LogP contribution in [0.5, 0.6) is 5.75 Å². The molecule has 0 N–H and O–H groups in total. The Bertz CT molecular complexity index is 1500. The van der Waals surface area contributed by atoms with Crippen LogP contribution >= 0.6 is 11.8 Å². The molecule has 1 aliphatic rings. The first kappa shape index (κ1) is 31.3. The van der Waals surface area contributed by atoms with Gasteiger partial charge in [-0.1, -0.05) is 72.4 Å². The van der Waals surface area contributed by atoms with Crippen molar-refractivity contribution in [2.45, 2.75) is 44.0 Å². The first-order valence-corrected chi connectivity index (χ1v) is 15.9. The molecule has 3 aromatic carbocycles. The van der Waals surface area contributed by atoms with E-state index in [4.69, 9.17) is 9.47 Å². The summed E-state index contributed by atoms with van der Waals surface area (Å²) in [5.74, 6) is 2.45. The summed E-state index contributed by atoms with van der Waals surface area (Å²) in [4.78, 5) is 29.5. The Kier molecular flexibility index (Phi) is 11.0. The van der Waals surface area contributed by atoms with E-state index < -0.39 is 0 Å². The minimum atomic E-state index is -0.0546. The van der Waals surface area contributed by atoms with Crippen LogP contribution in [0, 0.1) is 0 Å². The Labute approximate surface area is 263 Å². The van der Waals surface area contributed by atoms with Gasteiger partial charge in [0.05, 0.1) is 13.7 Å². The van der Waals surface area contributed by atoms with Crippen LogP contribution in [0.2, 0.25) is 0 Å². The van der Waals surface area contributed by atoms with E-state index in [9.17, 15) is 9.59 Å². The lowest BCUT2D eigenvalue weighted by molar-refractivity contribution is -0.145. The van der Waals surface area contributed by atoms with Crippen molar-refractivity contribution in [2.75, 3.05) is 39.1 Å². The molecule has 1 saturated heterocycles. The van der Waals surface area contributed by atoms with Crippen LogP contribution in [0.4, 0.5) is 0 Å². The molecular weight excluding hydrogens is 574 g/mol. The molecule has 5 rings (SSSR count).